The highest BCUT2D eigenvalue weighted by atomic mass is 19.4. The maximum Gasteiger partial charge on any atom is 0.416 e. The third-order valence-corrected chi connectivity index (χ3v) is 5.37. The van der Waals surface area contributed by atoms with E-state index >= 15 is 0 Å². The molecule has 162 valence electrons. The van der Waals surface area contributed by atoms with E-state index in [9.17, 15) is 18.0 Å². The first-order valence-electron chi connectivity index (χ1n) is 9.84. The second-order valence-corrected chi connectivity index (χ2v) is 7.57. The first-order valence-corrected chi connectivity index (χ1v) is 9.84. The van der Waals surface area contributed by atoms with Gasteiger partial charge in [0.1, 0.15) is 11.5 Å². The van der Waals surface area contributed by atoms with Crippen LogP contribution in [0.25, 0.3) is 11.4 Å². The van der Waals surface area contributed by atoms with Crippen LogP contribution in [0.1, 0.15) is 46.2 Å². The Morgan fingerprint density at radius 2 is 2.06 bits per heavy atom. The zero-order valence-electron chi connectivity index (χ0n) is 16.8. The highest BCUT2D eigenvalue weighted by Crippen LogP contribution is 2.32. The van der Waals surface area contributed by atoms with Crippen LogP contribution in [0.15, 0.2) is 36.5 Å². The lowest BCUT2D eigenvalue weighted by Gasteiger charge is -2.32. The van der Waals surface area contributed by atoms with Gasteiger partial charge in [-0.3, -0.25) is 4.79 Å². The van der Waals surface area contributed by atoms with Gasteiger partial charge in [0, 0.05) is 36.5 Å². The Kier molecular flexibility index (Phi) is 5.38. The van der Waals surface area contributed by atoms with Crippen LogP contribution in [0.2, 0.25) is 0 Å². The number of nitrogens with zero attached hydrogens (tertiary/aromatic N) is 4. The van der Waals surface area contributed by atoms with Gasteiger partial charge in [0.15, 0.2) is 0 Å². The lowest BCUT2D eigenvalue weighted by molar-refractivity contribution is -0.137. The quantitative estimate of drug-likeness (QED) is 0.658. The van der Waals surface area contributed by atoms with E-state index in [1.165, 1.54) is 12.1 Å². The third kappa shape index (κ3) is 4.37. The van der Waals surface area contributed by atoms with Crippen molar-refractivity contribution < 1.29 is 18.0 Å². The van der Waals surface area contributed by atoms with Crippen molar-refractivity contribution in [1.82, 2.24) is 24.8 Å². The van der Waals surface area contributed by atoms with Crippen LogP contribution < -0.4 is 5.73 Å². The van der Waals surface area contributed by atoms with Crippen LogP contribution in [-0.4, -0.2) is 43.8 Å². The van der Waals surface area contributed by atoms with E-state index < -0.39 is 11.7 Å². The number of H-pyrrole nitrogens is 1. The Bertz CT molecular complexity index is 1110. The molecule has 31 heavy (non-hydrogen) atoms. The predicted octanol–water partition coefficient (Wildman–Crippen LogP) is 3.80. The summed E-state index contributed by atoms with van der Waals surface area (Å²) >= 11 is 0. The van der Waals surface area contributed by atoms with Gasteiger partial charge in [-0.15, -0.1) is 0 Å². The molecule has 1 saturated heterocycles. The molecule has 1 aliphatic rings. The van der Waals surface area contributed by atoms with E-state index in [-0.39, 0.29) is 34.9 Å². The van der Waals surface area contributed by atoms with Crippen LogP contribution >= 0.6 is 0 Å². The largest absolute Gasteiger partial charge is 0.416 e. The van der Waals surface area contributed by atoms with E-state index in [1.807, 2.05) is 0 Å². The number of alkyl halides is 3. The second kappa shape index (κ2) is 8.01. The summed E-state index contributed by atoms with van der Waals surface area (Å²) in [5.74, 6) is 0.183. The molecule has 1 unspecified atom stereocenters. The molecule has 1 atom stereocenters. The fourth-order valence-corrected chi connectivity index (χ4v) is 3.82. The number of nitrogens with two attached hydrogens (primary N) is 1. The molecule has 2 aromatic heterocycles. The van der Waals surface area contributed by atoms with Crippen molar-refractivity contribution in [1.29, 1.82) is 0 Å². The number of nitrogens with one attached hydrogen (secondary N) is 1. The lowest BCUT2D eigenvalue weighted by Crippen LogP contribution is -2.39. The number of halogens is 3. The average Bonchev–Trinajstić information content (AvgIpc) is 3.14. The average molecular weight is 430 g/mol. The zero-order valence-corrected chi connectivity index (χ0v) is 16.8. The molecule has 10 heteroatoms. The van der Waals surface area contributed by atoms with Gasteiger partial charge in [0.2, 0.25) is 5.95 Å². The molecule has 3 aromatic rings. The smallest absolute Gasteiger partial charge is 0.368 e. The number of hydrogen-bond donors (Lipinski definition) is 2. The molecule has 4 rings (SSSR count). The maximum absolute atomic E-state index is 13.1. The van der Waals surface area contributed by atoms with Gasteiger partial charge in [-0.1, -0.05) is 12.1 Å². The van der Waals surface area contributed by atoms with Gasteiger partial charge in [0.05, 0.1) is 11.3 Å². The molecule has 3 N–H and O–H groups in total. The van der Waals surface area contributed by atoms with Gasteiger partial charge >= 0.3 is 6.18 Å². The number of benzene rings is 1. The number of aromatic nitrogens is 4. The Hall–Kier alpha value is -3.43. The second-order valence-electron chi connectivity index (χ2n) is 7.57. The van der Waals surface area contributed by atoms with E-state index in [0.29, 0.717) is 18.8 Å². The third-order valence-electron chi connectivity index (χ3n) is 5.37. The van der Waals surface area contributed by atoms with Crippen LogP contribution in [0.3, 0.4) is 0 Å². The van der Waals surface area contributed by atoms with E-state index in [2.05, 4.69) is 19.9 Å². The molecule has 0 saturated carbocycles. The van der Waals surface area contributed by atoms with Crippen molar-refractivity contribution in [2.75, 3.05) is 18.8 Å². The van der Waals surface area contributed by atoms with Crippen molar-refractivity contribution >= 4 is 11.9 Å². The molecule has 1 fully saturated rings. The number of amides is 1. The van der Waals surface area contributed by atoms with Crippen LogP contribution in [0.4, 0.5) is 19.1 Å². The number of aryl methyl sites for hydroxylation is 1. The minimum atomic E-state index is -4.45. The first kappa shape index (κ1) is 20.8. The van der Waals surface area contributed by atoms with Crippen molar-refractivity contribution in [3.63, 3.8) is 0 Å². The van der Waals surface area contributed by atoms with Gasteiger partial charge in [-0.2, -0.15) is 13.2 Å². The summed E-state index contributed by atoms with van der Waals surface area (Å²) in [5, 5.41) is 0. The number of piperidine rings is 1. The number of hydrogen-bond acceptors (Lipinski definition) is 5. The molecule has 1 aliphatic heterocycles. The van der Waals surface area contributed by atoms with E-state index in [4.69, 9.17) is 5.73 Å². The molecule has 0 spiro atoms. The fourth-order valence-electron chi connectivity index (χ4n) is 3.82. The van der Waals surface area contributed by atoms with Gasteiger partial charge < -0.3 is 15.6 Å². The zero-order chi connectivity index (χ0) is 22.2. The number of carbonyl (C=O) groups excluding carboxylic acids is 1. The standard InChI is InChI=1S/C21H21F3N6O/c1-12-17(29-18(27-12)13-4-2-6-15(10-13)21(22,23)24)19(31)30-9-3-5-14(11-30)16-7-8-26-20(25)28-16/h2,4,6-8,10,14H,3,5,9,11H2,1H3,(H,27,29)(H2,25,26,28). The number of imidazole rings is 1. The number of nitrogen functional groups attached to an aromatic ring is 1. The molecule has 7 nitrogen and oxygen atoms in total. The summed E-state index contributed by atoms with van der Waals surface area (Å²) in [6.45, 7) is 2.71. The van der Waals surface area contributed by atoms with Crippen LogP contribution in [-0.2, 0) is 6.18 Å². The minimum absolute atomic E-state index is 0.0326. The van der Waals surface area contributed by atoms with Crippen molar-refractivity contribution in [2.24, 2.45) is 0 Å². The Balaban J connectivity index is 1.56. The Morgan fingerprint density at radius 3 is 2.81 bits per heavy atom. The monoisotopic (exact) mass is 430 g/mol. The van der Waals surface area contributed by atoms with Gasteiger partial charge in [-0.25, -0.2) is 15.0 Å². The fraction of sp³-hybridized carbons (Fsp3) is 0.333. The summed E-state index contributed by atoms with van der Waals surface area (Å²) in [7, 11) is 0. The molecule has 0 radical (unpaired) electrons. The number of carbonyl (C=O) groups is 1. The summed E-state index contributed by atoms with van der Waals surface area (Å²) < 4.78 is 39.1. The number of rotatable bonds is 3. The van der Waals surface area contributed by atoms with Crippen LogP contribution in [0, 0.1) is 6.92 Å². The SMILES string of the molecule is Cc1[nH]c(-c2cccc(C(F)(F)F)c2)nc1C(=O)N1CCCC(c2ccnc(N)n2)C1. The van der Waals surface area contributed by atoms with Crippen LogP contribution in [0.5, 0.6) is 0 Å². The number of likely N-dealkylation sites (tertiary alicyclic amines) is 1. The summed E-state index contributed by atoms with van der Waals surface area (Å²) in [5.41, 5.74) is 6.67. The normalized spacial score (nSPS) is 17.0. The Morgan fingerprint density at radius 1 is 1.26 bits per heavy atom. The number of anilines is 1. The molecule has 0 bridgehead atoms. The molecular formula is C21H21F3N6O. The summed E-state index contributed by atoms with van der Waals surface area (Å²) in [6, 6.07) is 6.65. The highest BCUT2D eigenvalue weighted by molar-refractivity contribution is 5.94. The molecular weight excluding hydrogens is 409 g/mol. The molecule has 1 amide bonds. The van der Waals surface area contributed by atoms with Crippen molar-refractivity contribution in [3.8, 4) is 11.4 Å². The van der Waals surface area contributed by atoms with Gasteiger partial charge in [-0.05, 0) is 38.0 Å². The first-order chi connectivity index (χ1) is 14.7. The van der Waals surface area contributed by atoms with E-state index in [1.54, 1.807) is 24.1 Å². The molecule has 1 aromatic carbocycles. The lowest BCUT2D eigenvalue weighted by atomic mass is 9.94. The summed E-state index contributed by atoms with van der Waals surface area (Å²) in [6.07, 6.45) is -1.19. The van der Waals surface area contributed by atoms with Crippen molar-refractivity contribution in [3.05, 3.63) is 59.2 Å². The summed E-state index contributed by atoms with van der Waals surface area (Å²) in [4.78, 5) is 30.3. The number of aromatic amines is 1. The molecule has 0 aliphatic carbocycles. The van der Waals surface area contributed by atoms with Gasteiger partial charge in [0.25, 0.3) is 5.91 Å². The molecule has 3 heterocycles. The Labute approximate surface area is 176 Å². The van der Waals surface area contributed by atoms with E-state index in [0.717, 1.165) is 30.7 Å². The highest BCUT2D eigenvalue weighted by Gasteiger charge is 2.31. The minimum Gasteiger partial charge on any atom is -0.368 e. The predicted molar refractivity (Wildman–Crippen MR) is 108 cm³/mol. The topological polar surface area (TPSA) is 101 Å². The van der Waals surface area contributed by atoms with Crippen molar-refractivity contribution in [2.45, 2.75) is 31.9 Å². The maximum atomic E-state index is 13.1.